The van der Waals surface area contributed by atoms with Gasteiger partial charge < -0.3 is 15.9 Å². The summed E-state index contributed by atoms with van der Waals surface area (Å²) in [5.41, 5.74) is 7.25. The van der Waals surface area contributed by atoms with Crippen LogP contribution < -0.4 is 5.73 Å². The molecule has 1 aromatic carbocycles. The number of hydrogen-bond acceptors (Lipinski definition) is 6. The zero-order valence-corrected chi connectivity index (χ0v) is 12.2. The molecule has 0 radical (unpaired) electrons. The Bertz CT molecular complexity index is 879. The molecule has 2 heterocycles. The smallest absolute Gasteiger partial charge is 0.220 e. The number of hydrogen-bond donors (Lipinski definition) is 3. The van der Waals surface area contributed by atoms with Crippen LogP contribution in [0.3, 0.4) is 0 Å². The summed E-state index contributed by atoms with van der Waals surface area (Å²) in [5, 5.41) is 19.3. The summed E-state index contributed by atoms with van der Waals surface area (Å²) >= 11 is 0. The average Bonchev–Trinajstić information content (AvgIpc) is 2.47. The number of benzene rings is 1. The predicted octanol–water partition coefficient (Wildman–Crippen LogP) is 2.65. The SMILES string of the molecule is Cc1cc(-c2nc(-c3ccc(O)cc3F)ccc2O)nc(N)n1. The minimum absolute atomic E-state index is 0.0578. The molecule has 0 fully saturated rings. The van der Waals surface area contributed by atoms with Crippen LogP contribution in [0.2, 0.25) is 0 Å². The third kappa shape index (κ3) is 2.89. The van der Waals surface area contributed by atoms with Crippen LogP contribution in [0.4, 0.5) is 10.3 Å². The molecular formula is C16H13FN4O2. The van der Waals surface area contributed by atoms with Crippen molar-refractivity contribution in [1.29, 1.82) is 0 Å². The van der Waals surface area contributed by atoms with Gasteiger partial charge in [-0.2, -0.15) is 0 Å². The van der Waals surface area contributed by atoms with Crippen molar-refractivity contribution in [2.24, 2.45) is 0 Å². The Balaban J connectivity index is 2.16. The Kier molecular flexibility index (Phi) is 3.53. The van der Waals surface area contributed by atoms with E-state index in [-0.39, 0.29) is 28.7 Å². The zero-order valence-electron chi connectivity index (χ0n) is 12.2. The molecule has 2 aromatic heterocycles. The highest BCUT2D eigenvalue weighted by atomic mass is 19.1. The molecule has 0 saturated carbocycles. The molecular weight excluding hydrogens is 299 g/mol. The molecule has 0 spiro atoms. The lowest BCUT2D eigenvalue weighted by atomic mass is 10.1. The quantitative estimate of drug-likeness (QED) is 0.672. The predicted molar refractivity (Wildman–Crippen MR) is 83.1 cm³/mol. The van der Waals surface area contributed by atoms with E-state index in [1.165, 1.54) is 24.3 Å². The number of anilines is 1. The number of aromatic hydroxyl groups is 2. The van der Waals surface area contributed by atoms with E-state index < -0.39 is 5.82 Å². The van der Waals surface area contributed by atoms with E-state index in [1.54, 1.807) is 13.0 Å². The molecule has 0 unspecified atom stereocenters. The van der Waals surface area contributed by atoms with Crippen LogP contribution in [-0.2, 0) is 0 Å². The van der Waals surface area contributed by atoms with Crippen molar-refractivity contribution >= 4 is 5.95 Å². The van der Waals surface area contributed by atoms with Crippen LogP contribution in [0.15, 0.2) is 36.4 Å². The lowest BCUT2D eigenvalue weighted by molar-refractivity contribution is 0.469. The van der Waals surface area contributed by atoms with Gasteiger partial charge in [-0.05, 0) is 37.3 Å². The van der Waals surface area contributed by atoms with Crippen molar-refractivity contribution in [1.82, 2.24) is 15.0 Å². The van der Waals surface area contributed by atoms with Gasteiger partial charge in [-0.3, -0.25) is 0 Å². The molecule has 116 valence electrons. The molecule has 0 amide bonds. The van der Waals surface area contributed by atoms with Crippen molar-refractivity contribution in [3.05, 3.63) is 47.9 Å². The molecule has 0 aliphatic heterocycles. The minimum atomic E-state index is -0.618. The van der Waals surface area contributed by atoms with Gasteiger partial charge in [0.25, 0.3) is 0 Å². The van der Waals surface area contributed by atoms with Crippen LogP contribution >= 0.6 is 0 Å². The van der Waals surface area contributed by atoms with Crippen molar-refractivity contribution in [2.45, 2.75) is 6.92 Å². The molecule has 0 saturated heterocycles. The van der Waals surface area contributed by atoms with Gasteiger partial charge in [0.1, 0.15) is 23.0 Å². The number of halogens is 1. The third-order valence-electron chi connectivity index (χ3n) is 3.22. The number of nitrogens with zero attached hydrogens (tertiary/aromatic N) is 3. The van der Waals surface area contributed by atoms with Crippen LogP contribution in [-0.4, -0.2) is 25.2 Å². The van der Waals surface area contributed by atoms with Gasteiger partial charge in [0.15, 0.2) is 0 Å². The molecule has 7 heteroatoms. The first-order chi connectivity index (χ1) is 10.9. The van der Waals surface area contributed by atoms with E-state index in [4.69, 9.17) is 5.73 Å². The third-order valence-corrected chi connectivity index (χ3v) is 3.22. The second-order valence-corrected chi connectivity index (χ2v) is 4.98. The summed E-state index contributed by atoms with van der Waals surface area (Å²) in [6.45, 7) is 1.74. The highest BCUT2D eigenvalue weighted by Gasteiger charge is 2.14. The van der Waals surface area contributed by atoms with Gasteiger partial charge in [-0.25, -0.2) is 19.3 Å². The van der Waals surface area contributed by atoms with Crippen LogP contribution in [0, 0.1) is 12.7 Å². The van der Waals surface area contributed by atoms with E-state index >= 15 is 0 Å². The van der Waals surface area contributed by atoms with Crippen molar-refractivity contribution in [3.8, 4) is 34.1 Å². The summed E-state index contributed by atoms with van der Waals surface area (Å²) in [4.78, 5) is 12.3. The molecule has 0 bridgehead atoms. The van der Waals surface area contributed by atoms with Crippen molar-refractivity contribution in [2.75, 3.05) is 5.73 Å². The van der Waals surface area contributed by atoms with E-state index in [1.807, 2.05) is 0 Å². The summed E-state index contributed by atoms with van der Waals surface area (Å²) in [7, 11) is 0. The Morgan fingerprint density at radius 3 is 2.43 bits per heavy atom. The second-order valence-electron chi connectivity index (χ2n) is 4.98. The van der Waals surface area contributed by atoms with Gasteiger partial charge in [0.2, 0.25) is 5.95 Å². The minimum Gasteiger partial charge on any atom is -0.508 e. The fourth-order valence-electron chi connectivity index (χ4n) is 2.21. The lowest BCUT2D eigenvalue weighted by Crippen LogP contribution is -2.00. The Hall–Kier alpha value is -3.22. The van der Waals surface area contributed by atoms with E-state index in [9.17, 15) is 14.6 Å². The van der Waals surface area contributed by atoms with Gasteiger partial charge >= 0.3 is 0 Å². The number of nitrogens with two attached hydrogens (primary N) is 1. The number of aromatic nitrogens is 3. The molecule has 0 aliphatic carbocycles. The van der Waals surface area contributed by atoms with Crippen molar-refractivity contribution in [3.63, 3.8) is 0 Å². The molecule has 3 aromatic rings. The number of pyridine rings is 1. The van der Waals surface area contributed by atoms with Gasteiger partial charge in [-0.1, -0.05) is 0 Å². The monoisotopic (exact) mass is 312 g/mol. The number of aryl methyl sites for hydroxylation is 1. The van der Waals surface area contributed by atoms with Crippen molar-refractivity contribution < 1.29 is 14.6 Å². The molecule has 23 heavy (non-hydrogen) atoms. The Morgan fingerprint density at radius 1 is 0.957 bits per heavy atom. The van der Waals surface area contributed by atoms with Gasteiger partial charge in [0, 0.05) is 17.3 Å². The molecule has 6 nitrogen and oxygen atoms in total. The first kappa shape index (κ1) is 14.7. The fourth-order valence-corrected chi connectivity index (χ4v) is 2.21. The first-order valence-corrected chi connectivity index (χ1v) is 6.74. The summed E-state index contributed by atoms with van der Waals surface area (Å²) in [5.74, 6) is -0.843. The normalized spacial score (nSPS) is 10.7. The van der Waals surface area contributed by atoms with Gasteiger partial charge in [-0.15, -0.1) is 0 Å². The van der Waals surface area contributed by atoms with Crippen LogP contribution in [0.5, 0.6) is 11.5 Å². The Morgan fingerprint density at radius 2 is 1.74 bits per heavy atom. The summed E-state index contributed by atoms with van der Waals surface area (Å²) in [6.07, 6.45) is 0. The van der Waals surface area contributed by atoms with E-state index in [0.717, 1.165) is 6.07 Å². The maximum Gasteiger partial charge on any atom is 0.220 e. The topological polar surface area (TPSA) is 105 Å². The largest absolute Gasteiger partial charge is 0.508 e. The average molecular weight is 312 g/mol. The maximum atomic E-state index is 14.0. The first-order valence-electron chi connectivity index (χ1n) is 6.74. The maximum absolute atomic E-state index is 14.0. The molecule has 3 rings (SSSR count). The lowest BCUT2D eigenvalue weighted by Gasteiger charge is -2.09. The fraction of sp³-hybridized carbons (Fsp3) is 0.0625. The zero-order chi connectivity index (χ0) is 16.6. The number of rotatable bonds is 2. The van der Waals surface area contributed by atoms with Crippen LogP contribution in [0.1, 0.15) is 5.69 Å². The molecule has 0 atom stereocenters. The molecule has 4 N–H and O–H groups in total. The number of phenolic OH excluding ortho intramolecular Hbond substituents is 1. The number of nitrogen functional groups attached to an aromatic ring is 1. The highest BCUT2D eigenvalue weighted by molar-refractivity contribution is 5.70. The molecule has 0 aliphatic rings. The van der Waals surface area contributed by atoms with E-state index in [0.29, 0.717) is 17.1 Å². The highest BCUT2D eigenvalue weighted by Crippen LogP contribution is 2.31. The standard InChI is InChI=1S/C16H13FN4O2/c1-8-6-13(21-16(18)19-8)15-14(23)5-4-12(20-15)10-3-2-9(22)7-11(10)17/h2-7,22-23H,1H3,(H2,18,19,21). The Labute approximate surface area is 131 Å². The number of phenols is 1. The summed E-state index contributed by atoms with van der Waals surface area (Å²) in [6, 6.07) is 8.27. The second kappa shape index (κ2) is 5.53. The summed E-state index contributed by atoms with van der Waals surface area (Å²) < 4.78 is 14.0. The van der Waals surface area contributed by atoms with E-state index in [2.05, 4.69) is 15.0 Å². The van der Waals surface area contributed by atoms with Gasteiger partial charge in [0.05, 0.1) is 11.4 Å². The van der Waals surface area contributed by atoms with Crippen LogP contribution in [0.25, 0.3) is 22.6 Å².